The minimum atomic E-state index is -0.350. The van der Waals surface area contributed by atoms with Crippen molar-refractivity contribution < 1.29 is 14.9 Å². The molecular formula is C22H39NO3. The second kappa shape index (κ2) is 8.46. The Morgan fingerprint density at radius 3 is 2.31 bits per heavy atom. The molecule has 1 saturated heterocycles. The number of likely N-dealkylation sites (tertiary alicyclic amines) is 1. The molecule has 4 nitrogen and oxygen atoms in total. The fraction of sp³-hybridized carbons (Fsp3) is 1.00. The third kappa shape index (κ3) is 4.29. The number of hydrogen-bond donors (Lipinski definition) is 2. The maximum Gasteiger partial charge on any atom is 0.0718 e. The summed E-state index contributed by atoms with van der Waals surface area (Å²) in [6.07, 6.45) is 13.9. The van der Waals surface area contributed by atoms with Crippen LogP contribution in [0, 0.1) is 23.2 Å². The molecule has 5 fully saturated rings. The number of aliphatic hydroxyl groups is 2. The Morgan fingerprint density at radius 2 is 1.65 bits per heavy atom. The first-order valence-corrected chi connectivity index (χ1v) is 11.3. The van der Waals surface area contributed by atoms with Gasteiger partial charge in [0.1, 0.15) is 0 Å². The Hall–Kier alpha value is -0.160. The molecule has 0 radical (unpaired) electrons. The summed E-state index contributed by atoms with van der Waals surface area (Å²) < 4.78 is 6.18. The lowest BCUT2D eigenvalue weighted by molar-refractivity contribution is -0.0966. The minimum Gasteiger partial charge on any atom is -0.395 e. The second-order valence-corrected chi connectivity index (χ2v) is 10.0. The predicted molar refractivity (Wildman–Crippen MR) is 103 cm³/mol. The van der Waals surface area contributed by atoms with Crippen LogP contribution in [0.1, 0.15) is 70.6 Å². The summed E-state index contributed by atoms with van der Waals surface area (Å²) in [6, 6.07) is -0.0453. The van der Waals surface area contributed by atoms with Gasteiger partial charge >= 0.3 is 0 Å². The Bertz CT molecular complexity index is 419. The van der Waals surface area contributed by atoms with Crippen molar-refractivity contribution in [3.8, 4) is 0 Å². The average Bonchev–Trinajstić information content (AvgIpc) is 2.60. The molecule has 0 amide bonds. The van der Waals surface area contributed by atoms with Gasteiger partial charge in [-0.15, -0.1) is 0 Å². The average molecular weight is 366 g/mol. The summed E-state index contributed by atoms with van der Waals surface area (Å²) in [4.78, 5) is 2.28. The summed E-state index contributed by atoms with van der Waals surface area (Å²) in [7, 11) is 0. The monoisotopic (exact) mass is 365 g/mol. The largest absolute Gasteiger partial charge is 0.395 e. The van der Waals surface area contributed by atoms with Crippen molar-refractivity contribution in [3.05, 3.63) is 0 Å². The Kier molecular flexibility index (Phi) is 6.24. The predicted octanol–water partition coefficient (Wildman–Crippen LogP) is 3.21. The van der Waals surface area contributed by atoms with Gasteiger partial charge < -0.3 is 14.9 Å². The third-order valence-corrected chi connectivity index (χ3v) is 7.85. The molecule has 2 N–H and O–H groups in total. The lowest BCUT2D eigenvalue weighted by Crippen LogP contribution is -2.50. The molecule has 5 aliphatic rings. The summed E-state index contributed by atoms with van der Waals surface area (Å²) in [5, 5.41) is 19.5. The highest BCUT2D eigenvalue weighted by Crippen LogP contribution is 2.60. The molecule has 0 aromatic rings. The van der Waals surface area contributed by atoms with Gasteiger partial charge in [-0.3, -0.25) is 4.90 Å². The zero-order chi connectivity index (χ0) is 18.0. The van der Waals surface area contributed by atoms with Crippen LogP contribution in [0.3, 0.4) is 0 Å². The van der Waals surface area contributed by atoms with E-state index < -0.39 is 0 Å². The normalized spacial score (nSPS) is 42.5. The van der Waals surface area contributed by atoms with E-state index >= 15 is 0 Å². The number of piperidine rings is 1. The van der Waals surface area contributed by atoms with Crippen molar-refractivity contribution in [2.75, 3.05) is 32.9 Å². The van der Waals surface area contributed by atoms with Gasteiger partial charge in [-0.05, 0) is 107 Å². The number of ether oxygens (including phenoxy) is 1. The number of aliphatic hydroxyl groups excluding tert-OH is 2. The molecule has 4 aliphatic carbocycles. The first-order chi connectivity index (χ1) is 12.7. The lowest BCUT2D eigenvalue weighted by Gasteiger charge is -2.56. The van der Waals surface area contributed by atoms with Crippen LogP contribution in [-0.4, -0.2) is 60.2 Å². The highest BCUT2D eigenvalue weighted by molar-refractivity contribution is 5.01. The molecule has 0 aromatic carbocycles. The summed E-state index contributed by atoms with van der Waals surface area (Å²) in [6.45, 7) is 4.02. The number of rotatable bonds is 9. The van der Waals surface area contributed by atoms with Crippen LogP contribution in [0.4, 0.5) is 0 Å². The molecule has 0 aromatic heterocycles. The molecule has 26 heavy (non-hydrogen) atoms. The zero-order valence-corrected chi connectivity index (χ0v) is 16.5. The van der Waals surface area contributed by atoms with Crippen molar-refractivity contribution in [3.63, 3.8) is 0 Å². The SMILES string of the molecule is OC[C@H]1[C@H](O)CCCN1CCCCCOCC12CC3CC(CC(C3)C1)C2. The molecule has 150 valence electrons. The first-order valence-electron chi connectivity index (χ1n) is 11.3. The van der Waals surface area contributed by atoms with Crippen molar-refractivity contribution in [2.45, 2.75) is 82.8 Å². The second-order valence-electron chi connectivity index (χ2n) is 10.0. The summed E-state index contributed by atoms with van der Waals surface area (Å²) >= 11 is 0. The quantitative estimate of drug-likeness (QED) is 0.616. The van der Waals surface area contributed by atoms with E-state index in [1.165, 1.54) is 44.9 Å². The standard InChI is InChI=1S/C22H39NO3/c24-15-20-21(25)5-4-7-23(20)6-2-1-3-8-26-16-22-12-17-9-18(13-22)11-19(10-17)14-22/h17-21,24-25H,1-16H2/t17?,18?,19?,20-,21+,22?/m0/s1. The van der Waals surface area contributed by atoms with E-state index in [1.807, 2.05) is 0 Å². The number of hydrogen-bond acceptors (Lipinski definition) is 4. The van der Waals surface area contributed by atoms with Gasteiger partial charge in [0.15, 0.2) is 0 Å². The van der Waals surface area contributed by atoms with Crippen LogP contribution in [-0.2, 0) is 4.74 Å². The molecule has 2 atom stereocenters. The first kappa shape index (κ1) is 19.2. The van der Waals surface area contributed by atoms with E-state index in [-0.39, 0.29) is 18.8 Å². The van der Waals surface area contributed by atoms with Gasteiger partial charge in [0, 0.05) is 6.61 Å². The smallest absolute Gasteiger partial charge is 0.0718 e. The Labute approximate surface area is 159 Å². The molecule has 4 bridgehead atoms. The van der Waals surface area contributed by atoms with Crippen molar-refractivity contribution in [2.24, 2.45) is 23.2 Å². The van der Waals surface area contributed by atoms with Crippen molar-refractivity contribution in [1.29, 1.82) is 0 Å². The van der Waals surface area contributed by atoms with Gasteiger partial charge in [-0.25, -0.2) is 0 Å². The van der Waals surface area contributed by atoms with Gasteiger partial charge in [-0.2, -0.15) is 0 Å². The fourth-order valence-electron chi connectivity index (χ4n) is 7.07. The lowest BCUT2D eigenvalue weighted by atomic mass is 9.50. The summed E-state index contributed by atoms with van der Waals surface area (Å²) in [5.74, 6) is 3.05. The Morgan fingerprint density at radius 1 is 0.962 bits per heavy atom. The van der Waals surface area contributed by atoms with E-state index in [0.29, 0.717) is 5.41 Å². The molecular weight excluding hydrogens is 326 g/mol. The van der Waals surface area contributed by atoms with Crippen molar-refractivity contribution >= 4 is 0 Å². The highest BCUT2D eigenvalue weighted by atomic mass is 16.5. The van der Waals surface area contributed by atoms with E-state index in [0.717, 1.165) is 69.7 Å². The summed E-state index contributed by atoms with van der Waals surface area (Å²) in [5.41, 5.74) is 0.549. The van der Waals surface area contributed by atoms with Gasteiger partial charge in [-0.1, -0.05) is 0 Å². The molecule has 4 saturated carbocycles. The third-order valence-electron chi connectivity index (χ3n) is 7.85. The van der Waals surface area contributed by atoms with E-state index in [2.05, 4.69) is 4.90 Å². The molecule has 4 heteroatoms. The number of nitrogens with zero attached hydrogens (tertiary/aromatic N) is 1. The van der Waals surface area contributed by atoms with E-state index in [4.69, 9.17) is 4.74 Å². The van der Waals surface area contributed by atoms with Gasteiger partial charge in [0.05, 0.1) is 25.4 Å². The van der Waals surface area contributed by atoms with Crippen LogP contribution in [0.2, 0.25) is 0 Å². The minimum absolute atomic E-state index is 0.0453. The number of unbranched alkanes of at least 4 members (excludes halogenated alkanes) is 2. The maximum atomic E-state index is 10.0. The molecule has 1 aliphatic heterocycles. The van der Waals surface area contributed by atoms with Crippen molar-refractivity contribution in [1.82, 2.24) is 4.90 Å². The van der Waals surface area contributed by atoms with Crippen LogP contribution in [0.5, 0.6) is 0 Å². The van der Waals surface area contributed by atoms with Crippen LogP contribution < -0.4 is 0 Å². The van der Waals surface area contributed by atoms with E-state index in [9.17, 15) is 10.2 Å². The fourth-order valence-corrected chi connectivity index (χ4v) is 7.07. The van der Waals surface area contributed by atoms with Crippen LogP contribution in [0.25, 0.3) is 0 Å². The Balaban J connectivity index is 1.09. The molecule has 5 rings (SSSR count). The molecule has 1 heterocycles. The molecule has 0 spiro atoms. The van der Waals surface area contributed by atoms with Crippen LogP contribution in [0.15, 0.2) is 0 Å². The highest BCUT2D eigenvalue weighted by Gasteiger charge is 2.50. The molecule has 0 unspecified atom stereocenters. The van der Waals surface area contributed by atoms with Crippen LogP contribution >= 0.6 is 0 Å². The van der Waals surface area contributed by atoms with Gasteiger partial charge in [0.2, 0.25) is 0 Å². The van der Waals surface area contributed by atoms with Gasteiger partial charge in [0.25, 0.3) is 0 Å². The van der Waals surface area contributed by atoms with E-state index in [1.54, 1.807) is 0 Å². The zero-order valence-electron chi connectivity index (χ0n) is 16.5. The maximum absolute atomic E-state index is 10.0. The topological polar surface area (TPSA) is 52.9 Å².